The number of ether oxygens (including phenoxy) is 1. The van der Waals surface area contributed by atoms with E-state index < -0.39 is 0 Å². The summed E-state index contributed by atoms with van der Waals surface area (Å²) in [5.74, 6) is 0.0259. The van der Waals surface area contributed by atoms with Crippen LogP contribution in [0.5, 0.6) is 0 Å². The van der Waals surface area contributed by atoms with E-state index in [4.69, 9.17) is 4.74 Å². The van der Waals surface area contributed by atoms with Crippen molar-refractivity contribution in [2.45, 2.75) is 25.6 Å². The first kappa shape index (κ1) is 16.7. The van der Waals surface area contributed by atoms with Crippen molar-refractivity contribution in [1.29, 1.82) is 0 Å². The average molecular weight is 347 g/mol. The van der Waals surface area contributed by atoms with Crippen molar-refractivity contribution in [3.05, 3.63) is 72.2 Å². The van der Waals surface area contributed by atoms with Gasteiger partial charge in [-0.3, -0.25) is 14.8 Å². The van der Waals surface area contributed by atoms with E-state index in [1.54, 1.807) is 12.4 Å². The molecule has 0 N–H and O–H groups in total. The van der Waals surface area contributed by atoms with E-state index in [0.29, 0.717) is 18.7 Å². The highest BCUT2D eigenvalue weighted by molar-refractivity contribution is 5.97. The number of benzene rings is 1. The topological polar surface area (TPSA) is 55.3 Å². The minimum Gasteiger partial charge on any atom is -0.372 e. The molecule has 5 heteroatoms. The molecule has 3 aromatic rings. The van der Waals surface area contributed by atoms with Gasteiger partial charge in [-0.15, -0.1) is 0 Å². The molecule has 0 bridgehead atoms. The molecule has 3 heterocycles. The Kier molecular flexibility index (Phi) is 4.88. The smallest absolute Gasteiger partial charge is 0.255 e. The lowest BCUT2D eigenvalue weighted by molar-refractivity contribution is -0.00681. The van der Waals surface area contributed by atoms with Crippen molar-refractivity contribution >= 4 is 16.8 Å². The minimum atomic E-state index is 0.0259. The Morgan fingerprint density at radius 2 is 2.12 bits per heavy atom. The highest BCUT2D eigenvalue weighted by atomic mass is 16.5. The molecule has 1 amide bonds. The zero-order valence-corrected chi connectivity index (χ0v) is 14.5. The summed E-state index contributed by atoms with van der Waals surface area (Å²) in [6, 6.07) is 13.7. The number of rotatable bonds is 4. The molecule has 2 aromatic heterocycles. The number of para-hydroxylation sites is 1. The van der Waals surface area contributed by atoms with E-state index in [1.165, 1.54) is 0 Å². The number of carbonyl (C=O) groups excluding carboxylic acids is 1. The van der Waals surface area contributed by atoms with Gasteiger partial charge in [0.15, 0.2) is 0 Å². The summed E-state index contributed by atoms with van der Waals surface area (Å²) < 4.78 is 6.01. The monoisotopic (exact) mass is 347 g/mol. The summed E-state index contributed by atoms with van der Waals surface area (Å²) >= 11 is 0. The van der Waals surface area contributed by atoms with Gasteiger partial charge in [0, 0.05) is 37.1 Å². The standard InChI is InChI=1S/C21H21N3O2/c25-21(18-11-17-6-1-2-8-20(17)23-13-18)24-10-4-7-19(14-24)26-15-16-5-3-9-22-12-16/h1-3,5-6,8-9,11-13,19H,4,7,10,14-15H2/t19-/m1/s1. The predicted molar refractivity (Wildman–Crippen MR) is 99.7 cm³/mol. The second-order valence-electron chi connectivity index (χ2n) is 6.60. The van der Waals surface area contributed by atoms with Crippen LogP contribution in [0.4, 0.5) is 0 Å². The highest BCUT2D eigenvalue weighted by Crippen LogP contribution is 2.19. The number of nitrogens with zero attached hydrogens (tertiary/aromatic N) is 3. The Labute approximate surface area is 152 Å². The summed E-state index contributed by atoms with van der Waals surface area (Å²) in [4.78, 5) is 23.3. The van der Waals surface area contributed by atoms with Crippen LogP contribution in [0.1, 0.15) is 28.8 Å². The van der Waals surface area contributed by atoms with Crippen molar-refractivity contribution < 1.29 is 9.53 Å². The van der Waals surface area contributed by atoms with Crippen molar-refractivity contribution in [3.8, 4) is 0 Å². The number of aromatic nitrogens is 2. The zero-order chi connectivity index (χ0) is 17.8. The molecule has 1 aliphatic rings. The minimum absolute atomic E-state index is 0.0259. The van der Waals surface area contributed by atoms with Gasteiger partial charge in [0.05, 0.1) is 23.8 Å². The third-order valence-corrected chi connectivity index (χ3v) is 4.71. The molecule has 0 aliphatic carbocycles. The van der Waals surface area contributed by atoms with Crippen molar-refractivity contribution in [3.63, 3.8) is 0 Å². The largest absolute Gasteiger partial charge is 0.372 e. The molecule has 0 radical (unpaired) electrons. The van der Waals surface area contributed by atoms with Gasteiger partial charge in [-0.05, 0) is 36.6 Å². The van der Waals surface area contributed by atoms with E-state index in [2.05, 4.69) is 9.97 Å². The summed E-state index contributed by atoms with van der Waals surface area (Å²) in [5, 5.41) is 0.986. The van der Waals surface area contributed by atoms with Crippen LogP contribution in [0.2, 0.25) is 0 Å². The maximum Gasteiger partial charge on any atom is 0.255 e. The fourth-order valence-corrected chi connectivity index (χ4v) is 3.33. The maximum absolute atomic E-state index is 12.9. The van der Waals surface area contributed by atoms with Crippen LogP contribution in [0.25, 0.3) is 10.9 Å². The lowest BCUT2D eigenvalue weighted by atomic mass is 10.1. The molecule has 0 unspecified atom stereocenters. The second kappa shape index (κ2) is 7.62. The predicted octanol–water partition coefficient (Wildman–Crippen LogP) is 3.45. The van der Waals surface area contributed by atoms with E-state index in [1.807, 2.05) is 53.6 Å². The van der Waals surface area contributed by atoms with Crippen LogP contribution in [0.3, 0.4) is 0 Å². The van der Waals surface area contributed by atoms with E-state index in [-0.39, 0.29) is 12.0 Å². The van der Waals surface area contributed by atoms with Crippen LogP contribution >= 0.6 is 0 Å². The van der Waals surface area contributed by atoms with Crippen LogP contribution in [-0.4, -0.2) is 40.0 Å². The van der Waals surface area contributed by atoms with Gasteiger partial charge in [-0.1, -0.05) is 24.3 Å². The molecule has 1 fully saturated rings. The Hall–Kier alpha value is -2.79. The fourth-order valence-electron chi connectivity index (χ4n) is 3.33. The number of carbonyl (C=O) groups is 1. The number of amides is 1. The summed E-state index contributed by atoms with van der Waals surface area (Å²) in [7, 11) is 0. The van der Waals surface area contributed by atoms with Gasteiger partial charge in [-0.2, -0.15) is 0 Å². The van der Waals surface area contributed by atoms with E-state index >= 15 is 0 Å². The third kappa shape index (κ3) is 3.73. The Balaban J connectivity index is 1.42. The normalized spacial score (nSPS) is 17.4. The van der Waals surface area contributed by atoms with Crippen LogP contribution in [-0.2, 0) is 11.3 Å². The van der Waals surface area contributed by atoms with Crippen LogP contribution in [0.15, 0.2) is 61.1 Å². The molecule has 1 saturated heterocycles. The number of likely N-dealkylation sites (tertiary alicyclic amines) is 1. The first-order valence-corrected chi connectivity index (χ1v) is 8.94. The maximum atomic E-state index is 12.9. The summed E-state index contributed by atoms with van der Waals surface area (Å²) in [5.41, 5.74) is 2.59. The molecule has 132 valence electrons. The van der Waals surface area contributed by atoms with Gasteiger partial charge >= 0.3 is 0 Å². The summed E-state index contributed by atoms with van der Waals surface area (Å²) in [6.45, 7) is 1.91. The molecule has 5 nitrogen and oxygen atoms in total. The fraction of sp³-hybridized carbons (Fsp3) is 0.286. The number of hydrogen-bond donors (Lipinski definition) is 0. The lowest BCUT2D eigenvalue weighted by Gasteiger charge is -2.32. The third-order valence-electron chi connectivity index (χ3n) is 4.71. The number of piperidine rings is 1. The number of hydrogen-bond acceptors (Lipinski definition) is 4. The zero-order valence-electron chi connectivity index (χ0n) is 14.5. The Bertz CT molecular complexity index is 898. The average Bonchev–Trinajstić information content (AvgIpc) is 2.72. The molecule has 0 spiro atoms. The van der Waals surface area contributed by atoms with Crippen LogP contribution in [0, 0.1) is 0 Å². The molecule has 26 heavy (non-hydrogen) atoms. The van der Waals surface area contributed by atoms with Crippen LogP contribution < -0.4 is 0 Å². The first-order chi connectivity index (χ1) is 12.8. The van der Waals surface area contributed by atoms with Crippen molar-refractivity contribution in [2.24, 2.45) is 0 Å². The van der Waals surface area contributed by atoms with Gasteiger partial charge in [0.2, 0.25) is 0 Å². The molecule has 1 aromatic carbocycles. The molecule has 1 atom stereocenters. The number of fused-ring (bicyclic) bond motifs is 1. The molecular weight excluding hydrogens is 326 g/mol. The lowest BCUT2D eigenvalue weighted by Crippen LogP contribution is -2.43. The van der Waals surface area contributed by atoms with E-state index in [9.17, 15) is 4.79 Å². The van der Waals surface area contributed by atoms with Gasteiger partial charge < -0.3 is 9.64 Å². The van der Waals surface area contributed by atoms with Gasteiger partial charge in [0.25, 0.3) is 5.91 Å². The molecule has 4 rings (SSSR count). The van der Waals surface area contributed by atoms with Crippen molar-refractivity contribution in [1.82, 2.24) is 14.9 Å². The van der Waals surface area contributed by atoms with Crippen molar-refractivity contribution in [2.75, 3.05) is 13.1 Å². The van der Waals surface area contributed by atoms with Gasteiger partial charge in [0.1, 0.15) is 0 Å². The quantitative estimate of drug-likeness (QED) is 0.725. The second-order valence-corrected chi connectivity index (χ2v) is 6.60. The first-order valence-electron chi connectivity index (χ1n) is 8.94. The molecular formula is C21H21N3O2. The molecule has 1 aliphatic heterocycles. The SMILES string of the molecule is O=C(c1cnc2ccccc2c1)N1CCC[C@@H](OCc2cccnc2)C1. The van der Waals surface area contributed by atoms with Gasteiger partial charge in [-0.25, -0.2) is 0 Å². The van der Waals surface area contributed by atoms with E-state index in [0.717, 1.165) is 35.9 Å². The highest BCUT2D eigenvalue weighted by Gasteiger charge is 2.25. The summed E-state index contributed by atoms with van der Waals surface area (Å²) in [6.07, 6.45) is 7.21. The Morgan fingerprint density at radius 1 is 1.19 bits per heavy atom. The Morgan fingerprint density at radius 3 is 3.00 bits per heavy atom. The number of pyridine rings is 2. The molecule has 0 saturated carbocycles.